The smallest absolute Gasteiger partial charge is 0.351 e. The van der Waals surface area contributed by atoms with Gasteiger partial charge in [-0.25, -0.2) is 4.79 Å². The van der Waals surface area contributed by atoms with Crippen molar-refractivity contribution in [3.05, 3.63) is 63.1 Å². The van der Waals surface area contributed by atoms with Crippen molar-refractivity contribution in [2.45, 2.75) is 31.7 Å². The van der Waals surface area contributed by atoms with E-state index >= 15 is 0 Å². The van der Waals surface area contributed by atoms with Crippen LogP contribution in [0.2, 0.25) is 10.0 Å². The summed E-state index contributed by atoms with van der Waals surface area (Å²) < 4.78 is 0. The summed E-state index contributed by atoms with van der Waals surface area (Å²) in [4.78, 5) is 20.0. The van der Waals surface area contributed by atoms with E-state index in [1.807, 2.05) is 24.3 Å². The zero-order valence-corrected chi connectivity index (χ0v) is 18.0. The molecular formula is C22H25Cl2N3O2. The molecule has 0 aromatic heterocycles. The highest BCUT2D eigenvalue weighted by atomic mass is 35.5. The molecule has 4 rings (SSSR count). The lowest BCUT2D eigenvalue weighted by atomic mass is 9.84. The number of halogens is 2. The molecule has 0 saturated carbocycles. The van der Waals surface area contributed by atoms with Gasteiger partial charge in [0, 0.05) is 47.8 Å². The van der Waals surface area contributed by atoms with E-state index in [1.165, 1.54) is 6.42 Å². The molecule has 1 amide bonds. The van der Waals surface area contributed by atoms with Crippen LogP contribution in [-0.2, 0) is 11.4 Å². The molecule has 0 bridgehead atoms. The van der Waals surface area contributed by atoms with Crippen LogP contribution >= 0.6 is 23.2 Å². The largest absolute Gasteiger partial charge is 0.430 e. The first-order chi connectivity index (χ1) is 14.0. The molecule has 2 heterocycles. The molecule has 1 N–H and O–H groups in total. The number of rotatable bonds is 3. The van der Waals surface area contributed by atoms with Crippen molar-refractivity contribution < 1.29 is 9.63 Å². The van der Waals surface area contributed by atoms with E-state index in [0.29, 0.717) is 15.7 Å². The second-order valence-electron chi connectivity index (χ2n) is 7.82. The topological polar surface area (TPSA) is 44.8 Å². The zero-order valence-electron chi connectivity index (χ0n) is 16.5. The molecule has 7 heteroatoms. The summed E-state index contributed by atoms with van der Waals surface area (Å²) in [7, 11) is 2.08. The maximum atomic E-state index is 12.3. The number of fused-ring (bicyclic) bond motifs is 1. The van der Waals surface area contributed by atoms with Gasteiger partial charge in [0.15, 0.2) is 0 Å². The molecule has 0 aliphatic carbocycles. The third kappa shape index (κ3) is 4.86. The number of hydrogen-bond donors (Lipinski definition) is 1. The van der Waals surface area contributed by atoms with Crippen LogP contribution in [0.15, 0.2) is 36.4 Å². The Balaban J connectivity index is 1.54. The number of likely N-dealkylation sites (N-methyl/N-ethyl adjacent to an activating group) is 1. The van der Waals surface area contributed by atoms with Crippen LogP contribution in [0.3, 0.4) is 0 Å². The highest BCUT2D eigenvalue weighted by Crippen LogP contribution is 2.38. The van der Waals surface area contributed by atoms with Crippen molar-refractivity contribution in [2.75, 3.05) is 32.0 Å². The Bertz CT molecular complexity index is 900. The lowest BCUT2D eigenvalue weighted by Gasteiger charge is -2.33. The molecule has 2 aliphatic heterocycles. The molecule has 2 aliphatic rings. The molecule has 2 aromatic carbocycles. The first-order valence-corrected chi connectivity index (χ1v) is 10.8. The van der Waals surface area contributed by atoms with Crippen LogP contribution in [0.1, 0.15) is 41.9 Å². The van der Waals surface area contributed by atoms with Gasteiger partial charge in [0.25, 0.3) is 0 Å². The number of carbonyl (C=O) groups excluding carboxylic acids is 1. The third-order valence-electron chi connectivity index (χ3n) is 5.55. The quantitative estimate of drug-likeness (QED) is 0.691. The maximum absolute atomic E-state index is 12.3. The number of nitrogens with zero attached hydrogens (tertiary/aromatic N) is 2. The minimum atomic E-state index is -0.448. The van der Waals surface area contributed by atoms with E-state index in [1.54, 1.807) is 11.1 Å². The minimum absolute atomic E-state index is 0.125. The number of benzene rings is 2. The number of hydroxylamine groups is 2. The Labute approximate surface area is 181 Å². The van der Waals surface area contributed by atoms with Crippen molar-refractivity contribution in [3.8, 4) is 0 Å². The first-order valence-electron chi connectivity index (χ1n) is 10.00. The highest BCUT2D eigenvalue weighted by molar-refractivity contribution is 6.35. The van der Waals surface area contributed by atoms with Gasteiger partial charge in [-0.05, 0) is 60.8 Å². The number of hydrogen-bond acceptors (Lipinski definition) is 4. The maximum Gasteiger partial charge on any atom is 0.430 e. The predicted octanol–water partition coefficient (Wildman–Crippen LogP) is 5.52. The standard InChI is InChI=1S/C22H25Cl2N3O2/c1-26-13-19(18-11-16(23)12-21(24)20(18)14-26)15-6-5-7-17(10-15)25-22(28)29-27-8-3-2-4-9-27/h5-7,10-12,19H,2-4,8-9,13-14H2,1H3,(H,25,28). The number of carbonyl (C=O) groups is 1. The van der Waals surface area contributed by atoms with Gasteiger partial charge >= 0.3 is 6.09 Å². The molecule has 1 saturated heterocycles. The van der Waals surface area contributed by atoms with Crippen molar-refractivity contribution >= 4 is 35.0 Å². The second kappa shape index (κ2) is 8.92. The SMILES string of the molecule is CN1Cc2c(Cl)cc(Cl)cc2C(c2cccc(NC(=O)ON3CCCCC3)c2)C1. The zero-order chi connectivity index (χ0) is 20.4. The molecule has 1 unspecified atom stereocenters. The summed E-state index contributed by atoms with van der Waals surface area (Å²) in [5.41, 5.74) is 4.07. The Morgan fingerprint density at radius 3 is 2.72 bits per heavy atom. The number of nitrogens with one attached hydrogen (secondary N) is 1. The van der Waals surface area contributed by atoms with Gasteiger partial charge in [0.05, 0.1) is 0 Å². The molecule has 29 heavy (non-hydrogen) atoms. The van der Waals surface area contributed by atoms with Crippen molar-refractivity contribution in [1.82, 2.24) is 9.96 Å². The molecule has 154 valence electrons. The monoisotopic (exact) mass is 433 g/mol. The summed E-state index contributed by atoms with van der Waals surface area (Å²) in [5, 5.41) is 5.93. The van der Waals surface area contributed by atoms with Crippen LogP contribution in [0, 0.1) is 0 Å². The van der Waals surface area contributed by atoms with Gasteiger partial charge in [-0.2, -0.15) is 0 Å². The average Bonchev–Trinajstić information content (AvgIpc) is 2.69. The van der Waals surface area contributed by atoms with Crippen molar-refractivity contribution in [2.24, 2.45) is 0 Å². The number of anilines is 1. The summed E-state index contributed by atoms with van der Waals surface area (Å²) in [6.07, 6.45) is 2.86. The molecule has 2 aromatic rings. The summed E-state index contributed by atoms with van der Waals surface area (Å²) in [6, 6.07) is 11.7. The normalized spacial score (nSPS) is 20.2. The van der Waals surface area contributed by atoms with Gasteiger partial charge in [0.1, 0.15) is 0 Å². The highest BCUT2D eigenvalue weighted by Gasteiger charge is 2.27. The van der Waals surface area contributed by atoms with E-state index in [9.17, 15) is 4.79 Å². The Hall–Kier alpha value is -1.79. The Kier molecular flexibility index (Phi) is 6.30. The van der Waals surface area contributed by atoms with Gasteiger partial charge in [0.2, 0.25) is 0 Å². The van der Waals surface area contributed by atoms with Crippen LogP contribution in [-0.4, -0.2) is 42.7 Å². The van der Waals surface area contributed by atoms with Gasteiger partial charge in [-0.3, -0.25) is 5.32 Å². The van der Waals surface area contributed by atoms with E-state index in [2.05, 4.69) is 23.3 Å². The van der Waals surface area contributed by atoms with Gasteiger partial charge in [-0.15, -0.1) is 5.06 Å². The van der Waals surface area contributed by atoms with E-state index in [0.717, 1.165) is 55.7 Å². The fourth-order valence-electron chi connectivity index (χ4n) is 4.18. The Morgan fingerprint density at radius 1 is 1.14 bits per heavy atom. The van der Waals surface area contributed by atoms with Crippen LogP contribution in [0.4, 0.5) is 10.5 Å². The first kappa shape index (κ1) is 20.5. The van der Waals surface area contributed by atoms with Gasteiger partial charge < -0.3 is 9.74 Å². The summed E-state index contributed by atoms with van der Waals surface area (Å²) in [5.74, 6) is 0.125. The molecule has 1 atom stereocenters. The molecule has 0 spiro atoms. The van der Waals surface area contributed by atoms with E-state index < -0.39 is 6.09 Å². The summed E-state index contributed by atoms with van der Waals surface area (Å²) >= 11 is 12.8. The van der Waals surface area contributed by atoms with Crippen molar-refractivity contribution in [1.29, 1.82) is 0 Å². The molecule has 1 fully saturated rings. The number of amides is 1. The van der Waals surface area contributed by atoms with Gasteiger partial charge in [-0.1, -0.05) is 41.8 Å². The lowest BCUT2D eigenvalue weighted by molar-refractivity contribution is -0.105. The third-order valence-corrected chi connectivity index (χ3v) is 6.11. The van der Waals surface area contributed by atoms with Crippen LogP contribution in [0.5, 0.6) is 0 Å². The summed E-state index contributed by atoms with van der Waals surface area (Å²) in [6.45, 7) is 3.23. The second-order valence-corrected chi connectivity index (χ2v) is 8.67. The van der Waals surface area contributed by atoms with E-state index in [-0.39, 0.29) is 5.92 Å². The van der Waals surface area contributed by atoms with Crippen LogP contribution < -0.4 is 5.32 Å². The van der Waals surface area contributed by atoms with Crippen LogP contribution in [0.25, 0.3) is 0 Å². The number of piperidine rings is 1. The minimum Gasteiger partial charge on any atom is -0.351 e. The van der Waals surface area contributed by atoms with E-state index in [4.69, 9.17) is 28.0 Å². The van der Waals surface area contributed by atoms with Crippen molar-refractivity contribution in [3.63, 3.8) is 0 Å². The fourth-order valence-corrected chi connectivity index (χ4v) is 4.75. The molecular weight excluding hydrogens is 409 g/mol. The fraction of sp³-hybridized carbons (Fsp3) is 0.409. The Morgan fingerprint density at radius 2 is 1.93 bits per heavy atom. The lowest BCUT2D eigenvalue weighted by Crippen LogP contribution is -2.34. The average molecular weight is 434 g/mol. The molecule has 5 nitrogen and oxygen atoms in total. The predicted molar refractivity (Wildman–Crippen MR) is 117 cm³/mol. The molecule has 0 radical (unpaired) electrons.